The van der Waals surface area contributed by atoms with E-state index < -0.39 is 4.33 Å². The van der Waals surface area contributed by atoms with Crippen LogP contribution in [0.4, 0.5) is 0 Å². The average Bonchev–Trinajstić information content (AvgIpc) is 3.09. The molecule has 0 aliphatic heterocycles. The van der Waals surface area contributed by atoms with E-state index in [1.807, 2.05) is 36.4 Å². The predicted molar refractivity (Wildman–Crippen MR) is 97.2 cm³/mol. The molecule has 2 aromatic carbocycles. The molecular formula is C17H13BrCl2N2O. The van der Waals surface area contributed by atoms with E-state index >= 15 is 0 Å². The number of hydrogen-bond acceptors (Lipinski definition) is 2. The maximum Gasteiger partial charge on any atom is 0.272 e. The number of halogens is 3. The molecule has 0 radical (unpaired) electrons. The van der Waals surface area contributed by atoms with E-state index in [4.69, 9.17) is 23.2 Å². The molecule has 3 rings (SSSR count). The Bertz CT molecular complexity index is 749. The lowest BCUT2D eigenvalue weighted by Crippen LogP contribution is -2.18. The van der Waals surface area contributed by atoms with Gasteiger partial charge in [0.15, 0.2) is 0 Å². The molecule has 1 N–H and O–H groups in total. The topological polar surface area (TPSA) is 41.5 Å². The highest BCUT2D eigenvalue weighted by atomic mass is 79.9. The first-order valence-electron chi connectivity index (χ1n) is 7.02. The standard InChI is InChI=1S/C17H13BrCl2N2O/c18-14-9-5-4-8-12(14)16(23)22-21-10-13-15(17(13,19)20)11-6-2-1-3-7-11/h1-10,13,15H,(H,22,23)/b21-10-/t13-,15-/m0/s1. The molecule has 0 saturated heterocycles. The van der Waals surface area contributed by atoms with Crippen molar-refractivity contribution in [3.63, 3.8) is 0 Å². The van der Waals surface area contributed by atoms with Gasteiger partial charge in [-0.05, 0) is 33.6 Å². The van der Waals surface area contributed by atoms with Crippen LogP contribution in [0.15, 0.2) is 64.2 Å². The highest BCUT2D eigenvalue weighted by Gasteiger charge is 2.63. The third kappa shape index (κ3) is 3.44. The zero-order valence-electron chi connectivity index (χ0n) is 11.9. The average molecular weight is 412 g/mol. The lowest BCUT2D eigenvalue weighted by atomic mass is 10.1. The smallest absolute Gasteiger partial charge is 0.267 e. The molecule has 3 nitrogen and oxygen atoms in total. The van der Waals surface area contributed by atoms with Crippen LogP contribution in [-0.4, -0.2) is 16.5 Å². The summed E-state index contributed by atoms with van der Waals surface area (Å²) in [5, 5.41) is 4.01. The number of carbonyl (C=O) groups is 1. The molecule has 2 atom stereocenters. The Morgan fingerprint density at radius 2 is 1.78 bits per heavy atom. The number of amides is 1. The van der Waals surface area contributed by atoms with Gasteiger partial charge >= 0.3 is 0 Å². The minimum Gasteiger partial charge on any atom is -0.267 e. The van der Waals surface area contributed by atoms with Crippen molar-refractivity contribution in [3.8, 4) is 0 Å². The zero-order chi connectivity index (χ0) is 16.4. The molecule has 1 aliphatic carbocycles. The molecule has 1 aliphatic rings. The monoisotopic (exact) mass is 410 g/mol. The SMILES string of the molecule is O=C(N/N=C\[C@H]1[C@H](c2ccccc2)C1(Cl)Cl)c1ccccc1Br. The van der Waals surface area contributed by atoms with Gasteiger partial charge in [-0.1, -0.05) is 42.5 Å². The summed E-state index contributed by atoms with van der Waals surface area (Å²) in [4.78, 5) is 12.1. The molecule has 0 unspecified atom stereocenters. The van der Waals surface area contributed by atoms with Crippen molar-refractivity contribution in [2.75, 3.05) is 0 Å². The summed E-state index contributed by atoms with van der Waals surface area (Å²) in [6, 6.07) is 16.9. The first-order valence-corrected chi connectivity index (χ1v) is 8.57. The predicted octanol–water partition coefficient (Wildman–Crippen LogP) is 4.75. The molecule has 0 bridgehead atoms. The highest BCUT2D eigenvalue weighted by Crippen LogP contribution is 2.63. The van der Waals surface area contributed by atoms with Gasteiger partial charge in [0, 0.05) is 22.5 Å². The van der Waals surface area contributed by atoms with Gasteiger partial charge in [-0.3, -0.25) is 4.79 Å². The van der Waals surface area contributed by atoms with Crippen LogP contribution in [0.5, 0.6) is 0 Å². The van der Waals surface area contributed by atoms with Gasteiger partial charge in [-0.15, -0.1) is 23.2 Å². The molecule has 0 heterocycles. The molecule has 1 amide bonds. The molecule has 6 heteroatoms. The van der Waals surface area contributed by atoms with Crippen LogP contribution >= 0.6 is 39.1 Å². The second-order valence-electron chi connectivity index (χ2n) is 5.29. The van der Waals surface area contributed by atoms with E-state index in [0.29, 0.717) is 10.0 Å². The van der Waals surface area contributed by atoms with E-state index in [0.717, 1.165) is 5.56 Å². The summed E-state index contributed by atoms with van der Waals surface area (Å²) in [5.41, 5.74) is 4.08. The summed E-state index contributed by atoms with van der Waals surface area (Å²) in [6.07, 6.45) is 1.60. The van der Waals surface area contributed by atoms with Gasteiger partial charge in [0.1, 0.15) is 4.33 Å². The van der Waals surface area contributed by atoms with E-state index in [1.54, 1.807) is 24.4 Å². The van der Waals surface area contributed by atoms with Gasteiger partial charge < -0.3 is 0 Å². The number of nitrogens with zero attached hydrogens (tertiary/aromatic N) is 1. The number of hydrogen-bond donors (Lipinski definition) is 1. The fourth-order valence-electron chi connectivity index (χ4n) is 2.51. The Morgan fingerprint density at radius 3 is 2.48 bits per heavy atom. The van der Waals surface area contributed by atoms with Crippen molar-refractivity contribution in [3.05, 3.63) is 70.2 Å². The Labute approximate surface area is 152 Å². The minimum absolute atomic E-state index is 0.0175. The normalized spacial score (nSPS) is 22.0. The Morgan fingerprint density at radius 1 is 1.13 bits per heavy atom. The molecule has 118 valence electrons. The van der Waals surface area contributed by atoms with Crippen molar-refractivity contribution in [1.82, 2.24) is 5.43 Å². The summed E-state index contributed by atoms with van der Waals surface area (Å²) < 4.78 is -0.173. The second-order valence-corrected chi connectivity index (χ2v) is 7.59. The lowest BCUT2D eigenvalue weighted by molar-refractivity contribution is 0.0954. The number of alkyl halides is 2. The van der Waals surface area contributed by atoms with Crippen LogP contribution in [-0.2, 0) is 0 Å². The van der Waals surface area contributed by atoms with E-state index in [1.165, 1.54) is 0 Å². The van der Waals surface area contributed by atoms with E-state index in [-0.39, 0.29) is 17.7 Å². The summed E-state index contributed by atoms with van der Waals surface area (Å²) in [5.74, 6) is -0.440. The highest BCUT2D eigenvalue weighted by molar-refractivity contribution is 9.10. The molecule has 1 fully saturated rings. The quantitative estimate of drug-likeness (QED) is 0.440. The van der Waals surface area contributed by atoms with Gasteiger partial charge in [-0.2, -0.15) is 5.10 Å². The Hall–Kier alpha value is -1.36. The summed E-state index contributed by atoms with van der Waals surface area (Å²) in [6.45, 7) is 0. The number of carbonyl (C=O) groups excluding carboxylic acids is 1. The largest absolute Gasteiger partial charge is 0.272 e. The van der Waals surface area contributed by atoms with Crippen molar-refractivity contribution in [1.29, 1.82) is 0 Å². The number of benzene rings is 2. The van der Waals surface area contributed by atoms with Crippen LogP contribution < -0.4 is 5.43 Å². The maximum absolute atomic E-state index is 12.1. The third-order valence-electron chi connectivity index (χ3n) is 3.79. The van der Waals surface area contributed by atoms with Gasteiger partial charge in [0.2, 0.25) is 0 Å². The van der Waals surface area contributed by atoms with Crippen molar-refractivity contribution < 1.29 is 4.79 Å². The molecule has 1 saturated carbocycles. The van der Waals surface area contributed by atoms with Crippen molar-refractivity contribution in [2.45, 2.75) is 10.3 Å². The Balaban J connectivity index is 1.65. The number of hydrazone groups is 1. The van der Waals surface area contributed by atoms with Crippen molar-refractivity contribution in [2.24, 2.45) is 11.0 Å². The van der Waals surface area contributed by atoms with E-state index in [9.17, 15) is 4.79 Å². The van der Waals surface area contributed by atoms with Crippen LogP contribution in [0.1, 0.15) is 21.8 Å². The van der Waals surface area contributed by atoms with E-state index in [2.05, 4.69) is 26.5 Å². The van der Waals surface area contributed by atoms with Crippen LogP contribution in [0.2, 0.25) is 0 Å². The fraction of sp³-hybridized carbons (Fsp3) is 0.176. The van der Waals surface area contributed by atoms with Gasteiger partial charge in [0.25, 0.3) is 5.91 Å². The number of nitrogens with one attached hydrogen (secondary N) is 1. The van der Waals surface area contributed by atoms with Crippen molar-refractivity contribution >= 4 is 51.3 Å². The van der Waals surface area contributed by atoms with Gasteiger partial charge in [0.05, 0.1) is 5.56 Å². The molecule has 23 heavy (non-hydrogen) atoms. The summed E-state index contributed by atoms with van der Waals surface area (Å²) >= 11 is 16.0. The second kappa shape index (κ2) is 6.63. The van der Waals surface area contributed by atoms with Gasteiger partial charge in [-0.25, -0.2) is 5.43 Å². The molecule has 0 spiro atoms. The third-order valence-corrected chi connectivity index (χ3v) is 5.45. The Kier molecular flexibility index (Phi) is 4.76. The maximum atomic E-state index is 12.1. The number of rotatable bonds is 4. The first-order chi connectivity index (χ1) is 11.0. The molecule has 0 aromatic heterocycles. The molecule has 2 aromatic rings. The first kappa shape index (κ1) is 16.5. The summed E-state index contributed by atoms with van der Waals surface area (Å²) in [7, 11) is 0. The van der Waals surface area contributed by atoms with Crippen LogP contribution in [0.25, 0.3) is 0 Å². The van der Waals surface area contributed by atoms with Crippen LogP contribution in [0, 0.1) is 5.92 Å². The minimum atomic E-state index is -0.886. The zero-order valence-corrected chi connectivity index (χ0v) is 15.0. The fourth-order valence-corrected chi connectivity index (χ4v) is 3.73. The van der Waals surface area contributed by atoms with Crippen LogP contribution in [0.3, 0.4) is 0 Å². The molecular weight excluding hydrogens is 399 g/mol. The lowest BCUT2D eigenvalue weighted by Gasteiger charge is -2.01.